The van der Waals surface area contributed by atoms with Crippen molar-refractivity contribution in [3.05, 3.63) is 75.2 Å². The molecule has 0 atom stereocenters. The second-order valence-corrected chi connectivity index (χ2v) is 5.89. The number of ketones is 1. The Balaban J connectivity index is 2.01. The van der Waals surface area contributed by atoms with Crippen LogP contribution < -0.4 is 5.56 Å². The highest BCUT2D eigenvalue weighted by molar-refractivity contribution is 5.98. The van der Waals surface area contributed by atoms with E-state index in [1.165, 1.54) is 4.68 Å². The molecule has 23 heavy (non-hydrogen) atoms. The van der Waals surface area contributed by atoms with Crippen molar-refractivity contribution in [2.75, 3.05) is 0 Å². The Bertz CT molecular complexity index is 948. The SMILES string of the molecule is Cc1cc(C)c(C(=O)Cn2ncc3ccccc3c2=O)c(C)c1. The summed E-state index contributed by atoms with van der Waals surface area (Å²) >= 11 is 0. The van der Waals surface area contributed by atoms with Crippen LogP contribution >= 0.6 is 0 Å². The fourth-order valence-corrected chi connectivity index (χ4v) is 3.08. The first-order valence-corrected chi connectivity index (χ1v) is 7.53. The van der Waals surface area contributed by atoms with Gasteiger partial charge in [-0.3, -0.25) is 9.59 Å². The van der Waals surface area contributed by atoms with Gasteiger partial charge in [-0.15, -0.1) is 0 Å². The molecule has 4 heteroatoms. The molecule has 0 bridgehead atoms. The first kappa shape index (κ1) is 15.2. The standard InChI is InChI=1S/C19H18N2O2/c1-12-8-13(2)18(14(3)9-12)17(22)11-21-19(23)16-7-5-4-6-15(16)10-20-21/h4-10H,11H2,1-3H3. The Kier molecular flexibility index (Phi) is 3.82. The zero-order valence-corrected chi connectivity index (χ0v) is 13.5. The van der Waals surface area contributed by atoms with Crippen molar-refractivity contribution in [2.45, 2.75) is 27.3 Å². The lowest BCUT2D eigenvalue weighted by atomic mass is 9.96. The molecule has 0 saturated carbocycles. The number of hydrogen-bond acceptors (Lipinski definition) is 3. The fraction of sp³-hybridized carbons (Fsp3) is 0.211. The number of aryl methyl sites for hydroxylation is 3. The fourth-order valence-electron chi connectivity index (χ4n) is 3.08. The summed E-state index contributed by atoms with van der Waals surface area (Å²) in [5, 5.41) is 5.49. The van der Waals surface area contributed by atoms with E-state index in [9.17, 15) is 9.59 Å². The van der Waals surface area contributed by atoms with E-state index in [2.05, 4.69) is 5.10 Å². The first-order valence-electron chi connectivity index (χ1n) is 7.53. The number of carbonyl (C=O) groups excluding carboxylic acids is 1. The number of rotatable bonds is 3. The van der Waals surface area contributed by atoms with Crippen molar-refractivity contribution in [1.82, 2.24) is 9.78 Å². The van der Waals surface area contributed by atoms with Gasteiger partial charge >= 0.3 is 0 Å². The van der Waals surface area contributed by atoms with Gasteiger partial charge in [0.1, 0.15) is 6.54 Å². The van der Waals surface area contributed by atoms with Crippen molar-refractivity contribution in [1.29, 1.82) is 0 Å². The molecule has 116 valence electrons. The van der Waals surface area contributed by atoms with E-state index in [0.29, 0.717) is 10.9 Å². The minimum Gasteiger partial charge on any atom is -0.292 e. The zero-order valence-electron chi connectivity index (χ0n) is 13.5. The molecule has 0 aliphatic rings. The van der Waals surface area contributed by atoms with Crippen molar-refractivity contribution in [2.24, 2.45) is 0 Å². The summed E-state index contributed by atoms with van der Waals surface area (Å²) in [7, 11) is 0. The van der Waals surface area contributed by atoms with E-state index in [1.54, 1.807) is 12.3 Å². The van der Waals surface area contributed by atoms with Gasteiger partial charge in [0.25, 0.3) is 5.56 Å². The van der Waals surface area contributed by atoms with Gasteiger partial charge in [-0.2, -0.15) is 5.10 Å². The molecule has 2 aromatic carbocycles. The van der Waals surface area contributed by atoms with E-state index in [-0.39, 0.29) is 17.9 Å². The first-order chi connectivity index (χ1) is 11.0. The average molecular weight is 306 g/mol. The third kappa shape index (κ3) is 2.80. The predicted octanol–water partition coefficient (Wildman–Crippen LogP) is 3.20. The molecule has 0 aliphatic heterocycles. The summed E-state index contributed by atoms with van der Waals surface area (Å²) in [5.74, 6) is -0.0927. The number of fused-ring (bicyclic) bond motifs is 1. The largest absolute Gasteiger partial charge is 0.292 e. The minimum atomic E-state index is -0.237. The lowest BCUT2D eigenvalue weighted by Gasteiger charge is -2.11. The highest BCUT2D eigenvalue weighted by atomic mass is 16.1. The molecule has 4 nitrogen and oxygen atoms in total. The van der Waals surface area contributed by atoms with E-state index < -0.39 is 0 Å². The number of hydrogen-bond donors (Lipinski definition) is 0. The number of carbonyl (C=O) groups is 1. The number of benzene rings is 2. The van der Waals surface area contributed by atoms with E-state index >= 15 is 0 Å². The molecule has 0 aliphatic carbocycles. The van der Waals surface area contributed by atoms with Crippen LogP contribution in [-0.2, 0) is 6.54 Å². The Morgan fingerprint density at radius 3 is 2.43 bits per heavy atom. The molecule has 0 saturated heterocycles. The summed E-state index contributed by atoms with van der Waals surface area (Å²) in [6, 6.07) is 11.2. The highest BCUT2D eigenvalue weighted by Crippen LogP contribution is 2.17. The third-order valence-corrected chi connectivity index (χ3v) is 4.01. The molecule has 3 aromatic rings. The second-order valence-electron chi connectivity index (χ2n) is 5.89. The van der Waals surface area contributed by atoms with Crippen LogP contribution in [-0.4, -0.2) is 15.6 Å². The molecule has 3 rings (SSSR count). The molecule has 0 amide bonds. The van der Waals surface area contributed by atoms with Crippen molar-refractivity contribution in [3.8, 4) is 0 Å². The lowest BCUT2D eigenvalue weighted by molar-refractivity contribution is 0.0964. The Hall–Kier alpha value is -2.75. The van der Waals surface area contributed by atoms with E-state index in [1.807, 2.05) is 51.1 Å². The van der Waals surface area contributed by atoms with Crippen molar-refractivity contribution < 1.29 is 4.79 Å². The predicted molar refractivity (Wildman–Crippen MR) is 91.0 cm³/mol. The van der Waals surface area contributed by atoms with Gasteiger partial charge in [0.15, 0.2) is 5.78 Å². The molecule has 0 fully saturated rings. The third-order valence-electron chi connectivity index (χ3n) is 4.01. The molecule has 0 unspecified atom stereocenters. The number of nitrogens with zero attached hydrogens (tertiary/aromatic N) is 2. The van der Waals surface area contributed by atoms with Crippen molar-refractivity contribution in [3.63, 3.8) is 0 Å². The normalized spacial score (nSPS) is 10.9. The molecular weight excluding hydrogens is 288 g/mol. The van der Waals surface area contributed by atoms with Gasteiger partial charge in [0, 0.05) is 10.9 Å². The summed E-state index contributed by atoms with van der Waals surface area (Å²) in [6.07, 6.45) is 1.62. The lowest BCUT2D eigenvalue weighted by Crippen LogP contribution is -2.27. The van der Waals surface area contributed by atoms with Gasteiger partial charge in [-0.05, 0) is 38.0 Å². The monoisotopic (exact) mass is 306 g/mol. The summed E-state index contributed by atoms with van der Waals surface area (Å²) in [4.78, 5) is 25.1. The molecular formula is C19H18N2O2. The Morgan fingerprint density at radius 2 is 1.74 bits per heavy atom. The molecule has 1 heterocycles. The maximum Gasteiger partial charge on any atom is 0.275 e. The van der Waals surface area contributed by atoms with Crippen LogP contribution in [0, 0.1) is 20.8 Å². The van der Waals surface area contributed by atoms with E-state index in [0.717, 1.165) is 22.1 Å². The van der Waals surface area contributed by atoms with Gasteiger partial charge < -0.3 is 0 Å². The Labute approximate surface area is 134 Å². The minimum absolute atomic E-state index is 0.0472. The highest BCUT2D eigenvalue weighted by Gasteiger charge is 2.15. The van der Waals surface area contributed by atoms with Gasteiger partial charge in [-0.25, -0.2) is 4.68 Å². The van der Waals surface area contributed by atoms with Crippen molar-refractivity contribution >= 4 is 16.6 Å². The van der Waals surface area contributed by atoms with Crippen LogP contribution in [0.25, 0.3) is 10.8 Å². The second kappa shape index (κ2) is 5.80. The molecule has 0 spiro atoms. The quantitative estimate of drug-likeness (QED) is 0.698. The van der Waals surface area contributed by atoms with Gasteiger partial charge in [0.2, 0.25) is 0 Å². The molecule has 0 radical (unpaired) electrons. The number of Topliss-reactive ketones (excluding diaryl/α,β-unsaturated/α-hetero) is 1. The maximum atomic E-state index is 12.7. The summed E-state index contributed by atoms with van der Waals surface area (Å²) in [6.45, 7) is 5.80. The van der Waals surface area contributed by atoms with Gasteiger partial charge in [0.05, 0.1) is 11.6 Å². The van der Waals surface area contributed by atoms with Crippen LogP contribution in [0.1, 0.15) is 27.0 Å². The Morgan fingerprint density at radius 1 is 1.09 bits per heavy atom. The smallest absolute Gasteiger partial charge is 0.275 e. The van der Waals surface area contributed by atoms with Crippen LogP contribution in [0.3, 0.4) is 0 Å². The topological polar surface area (TPSA) is 52.0 Å². The summed E-state index contributed by atoms with van der Waals surface area (Å²) in [5.41, 5.74) is 3.43. The van der Waals surface area contributed by atoms with Crippen LogP contribution in [0.2, 0.25) is 0 Å². The van der Waals surface area contributed by atoms with E-state index in [4.69, 9.17) is 0 Å². The molecule has 1 aromatic heterocycles. The average Bonchev–Trinajstić information content (AvgIpc) is 2.49. The van der Waals surface area contributed by atoms with Crippen LogP contribution in [0.5, 0.6) is 0 Å². The van der Waals surface area contributed by atoms with Crippen LogP contribution in [0.4, 0.5) is 0 Å². The molecule has 0 N–H and O–H groups in total. The maximum absolute atomic E-state index is 12.7. The number of aromatic nitrogens is 2. The van der Waals surface area contributed by atoms with Gasteiger partial charge in [-0.1, -0.05) is 35.9 Å². The van der Waals surface area contributed by atoms with Crippen LogP contribution in [0.15, 0.2) is 47.4 Å². The zero-order chi connectivity index (χ0) is 16.6. The summed E-state index contributed by atoms with van der Waals surface area (Å²) < 4.78 is 1.24.